The topological polar surface area (TPSA) is 38.0 Å². The Morgan fingerprint density at radius 2 is 1.77 bits per heavy atom. The molecule has 0 aliphatic rings. The monoisotopic (exact) mass is 186 g/mol. The fourth-order valence-corrected chi connectivity index (χ4v) is 1.50. The van der Waals surface area contributed by atoms with Crippen LogP contribution in [0, 0.1) is 11.8 Å². The lowest BCUT2D eigenvalue weighted by Crippen LogP contribution is -2.27. The van der Waals surface area contributed by atoms with Crippen molar-refractivity contribution < 1.29 is 0 Å². The summed E-state index contributed by atoms with van der Waals surface area (Å²) >= 11 is 0. The second-order valence-electron chi connectivity index (χ2n) is 4.02. The summed E-state index contributed by atoms with van der Waals surface area (Å²) in [4.78, 5) is 0. The molecule has 13 heavy (non-hydrogen) atoms. The summed E-state index contributed by atoms with van der Waals surface area (Å²) in [6.45, 7) is 9.88. The van der Waals surface area contributed by atoms with E-state index in [4.69, 9.17) is 5.73 Å². The van der Waals surface area contributed by atoms with Crippen molar-refractivity contribution in [1.29, 1.82) is 0 Å². The first-order chi connectivity index (χ1) is 6.24. The molecule has 2 heteroatoms. The Labute approximate surface area is 83.3 Å². The van der Waals surface area contributed by atoms with E-state index in [9.17, 15) is 0 Å². The average molecular weight is 186 g/mol. The molecule has 2 nitrogen and oxygen atoms in total. The molecule has 0 aromatic rings. The van der Waals surface area contributed by atoms with Crippen LogP contribution in [0.1, 0.15) is 40.0 Å². The van der Waals surface area contributed by atoms with E-state index in [1.807, 2.05) is 0 Å². The van der Waals surface area contributed by atoms with Gasteiger partial charge in [-0.2, -0.15) is 0 Å². The predicted octanol–water partition coefficient (Wildman–Crippen LogP) is 2.00. The molecule has 0 radical (unpaired) electrons. The lowest BCUT2D eigenvalue weighted by atomic mass is 10.0. The summed E-state index contributed by atoms with van der Waals surface area (Å²) in [6, 6.07) is 0. The maximum absolute atomic E-state index is 5.49. The SMILES string of the molecule is CCC(CC)CNCC(C)CCN. The molecule has 0 fully saturated rings. The first kappa shape index (κ1) is 12.9. The molecule has 0 aliphatic heterocycles. The van der Waals surface area contributed by atoms with Crippen molar-refractivity contribution >= 4 is 0 Å². The Morgan fingerprint density at radius 3 is 2.23 bits per heavy atom. The molecule has 0 amide bonds. The van der Waals surface area contributed by atoms with E-state index in [0.29, 0.717) is 0 Å². The van der Waals surface area contributed by atoms with Gasteiger partial charge in [-0.1, -0.05) is 33.6 Å². The molecule has 0 heterocycles. The molecule has 0 spiro atoms. The van der Waals surface area contributed by atoms with Crippen LogP contribution in [0.4, 0.5) is 0 Å². The first-order valence-electron chi connectivity index (χ1n) is 5.65. The fraction of sp³-hybridized carbons (Fsp3) is 1.00. The predicted molar refractivity (Wildman–Crippen MR) is 59.8 cm³/mol. The van der Waals surface area contributed by atoms with Crippen molar-refractivity contribution in [3.8, 4) is 0 Å². The Kier molecular flexibility index (Phi) is 8.46. The number of nitrogens with two attached hydrogens (primary N) is 1. The molecule has 0 aromatic heterocycles. The van der Waals surface area contributed by atoms with Gasteiger partial charge in [-0.15, -0.1) is 0 Å². The third-order valence-corrected chi connectivity index (χ3v) is 2.74. The lowest BCUT2D eigenvalue weighted by Gasteiger charge is -2.16. The van der Waals surface area contributed by atoms with Crippen molar-refractivity contribution in [2.75, 3.05) is 19.6 Å². The Hall–Kier alpha value is -0.0800. The van der Waals surface area contributed by atoms with E-state index >= 15 is 0 Å². The van der Waals surface area contributed by atoms with E-state index < -0.39 is 0 Å². The minimum absolute atomic E-state index is 0.722. The van der Waals surface area contributed by atoms with E-state index in [1.165, 1.54) is 19.4 Å². The Bertz CT molecular complexity index is 100. The maximum atomic E-state index is 5.49. The summed E-state index contributed by atoms with van der Waals surface area (Å²) in [5.74, 6) is 1.57. The number of hydrogen-bond donors (Lipinski definition) is 2. The summed E-state index contributed by atoms with van der Waals surface area (Å²) in [5.41, 5.74) is 5.49. The van der Waals surface area contributed by atoms with Gasteiger partial charge in [0.05, 0.1) is 0 Å². The number of rotatable bonds is 8. The van der Waals surface area contributed by atoms with Gasteiger partial charge in [0.15, 0.2) is 0 Å². The molecule has 0 aromatic carbocycles. The van der Waals surface area contributed by atoms with Crippen molar-refractivity contribution in [3.63, 3.8) is 0 Å². The minimum Gasteiger partial charge on any atom is -0.330 e. The van der Waals surface area contributed by atoms with E-state index in [2.05, 4.69) is 26.1 Å². The maximum Gasteiger partial charge on any atom is -0.00206 e. The average Bonchev–Trinajstić information content (AvgIpc) is 2.13. The molecule has 1 atom stereocenters. The first-order valence-corrected chi connectivity index (χ1v) is 5.65. The fourth-order valence-electron chi connectivity index (χ4n) is 1.50. The molecule has 3 N–H and O–H groups in total. The van der Waals surface area contributed by atoms with Gasteiger partial charge in [0, 0.05) is 0 Å². The molecule has 0 rings (SSSR count). The second kappa shape index (κ2) is 8.52. The van der Waals surface area contributed by atoms with Gasteiger partial charge in [0.2, 0.25) is 0 Å². The Morgan fingerprint density at radius 1 is 1.15 bits per heavy atom. The van der Waals surface area contributed by atoms with Gasteiger partial charge in [0.25, 0.3) is 0 Å². The summed E-state index contributed by atoms with van der Waals surface area (Å²) in [7, 11) is 0. The van der Waals surface area contributed by atoms with Crippen molar-refractivity contribution in [2.45, 2.75) is 40.0 Å². The van der Waals surface area contributed by atoms with Gasteiger partial charge in [-0.25, -0.2) is 0 Å². The number of nitrogens with one attached hydrogen (secondary N) is 1. The molecule has 0 saturated heterocycles. The van der Waals surface area contributed by atoms with Gasteiger partial charge >= 0.3 is 0 Å². The van der Waals surface area contributed by atoms with Gasteiger partial charge in [-0.05, 0) is 37.9 Å². The molecule has 1 unspecified atom stereocenters. The van der Waals surface area contributed by atoms with Crippen LogP contribution in [-0.4, -0.2) is 19.6 Å². The third kappa shape index (κ3) is 7.03. The highest BCUT2D eigenvalue weighted by molar-refractivity contribution is 4.62. The lowest BCUT2D eigenvalue weighted by molar-refractivity contribution is 0.413. The van der Waals surface area contributed by atoms with E-state index in [1.54, 1.807) is 0 Å². The molecule has 0 saturated carbocycles. The van der Waals surface area contributed by atoms with E-state index in [-0.39, 0.29) is 0 Å². The van der Waals surface area contributed by atoms with Gasteiger partial charge in [-0.3, -0.25) is 0 Å². The van der Waals surface area contributed by atoms with Crippen LogP contribution in [0.3, 0.4) is 0 Å². The standard InChI is InChI=1S/C11H26N2/c1-4-11(5-2)9-13-8-10(3)6-7-12/h10-11,13H,4-9,12H2,1-3H3. The van der Waals surface area contributed by atoms with Crippen molar-refractivity contribution in [3.05, 3.63) is 0 Å². The molecular weight excluding hydrogens is 160 g/mol. The summed E-state index contributed by atoms with van der Waals surface area (Å²) in [5, 5.41) is 3.52. The zero-order valence-electron chi connectivity index (χ0n) is 9.47. The van der Waals surface area contributed by atoms with Gasteiger partial charge < -0.3 is 11.1 Å². The minimum atomic E-state index is 0.722. The van der Waals surface area contributed by atoms with Crippen molar-refractivity contribution in [1.82, 2.24) is 5.32 Å². The zero-order chi connectivity index (χ0) is 10.1. The highest BCUT2D eigenvalue weighted by atomic mass is 14.9. The van der Waals surface area contributed by atoms with Crippen molar-refractivity contribution in [2.24, 2.45) is 17.6 Å². The molecular formula is C11H26N2. The molecule has 80 valence electrons. The van der Waals surface area contributed by atoms with Crippen LogP contribution < -0.4 is 11.1 Å². The number of hydrogen-bond acceptors (Lipinski definition) is 2. The zero-order valence-corrected chi connectivity index (χ0v) is 9.47. The second-order valence-corrected chi connectivity index (χ2v) is 4.02. The molecule has 0 aliphatic carbocycles. The third-order valence-electron chi connectivity index (χ3n) is 2.74. The molecule has 0 bridgehead atoms. The highest BCUT2D eigenvalue weighted by Crippen LogP contribution is 2.05. The van der Waals surface area contributed by atoms with Crippen LogP contribution in [-0.2, 0) is 0 Å². The van der Waals surface area contributed by atoms with Crippen LogP contribution in [0.5, 0.6) is 0 Å². The highest BCUT2D eigenvalue weighted by Gasteiger charge is 2.04. The summed E-state index contributed by atoms with van der Waals surface area (Å²) < 4.78 is 0. The largest absolute Gasteiger partial charge is 0.330 e. The summed E-state index contributed by atoms with van der Waals surface area (Å²) in [6.07, 6.45) is 3.71. The van der Waals surface area contributed by atoms with E-state index in [0.717, 1.165) is 31.3 Å². The Balaban J connectivity index is 3.32. The normalized spacial score (nSPS) is 13.6. The van der Waals surface area contributed by atoms with Gasteiger partial charge in [0.1, 0.15) is 0 Å². The smallest absolute Gasteiger partial charge is 0.00206 e. The van der Waals surface area contributed by atoms with Crippen LogP contribution in [0.25, 0.3) is 0 Å². The quantitative estimate of drug-likeness (QED) is 0.608. The van der Waals surface area contributed by atoms with Crippen LogP contribution in [0.2, 0.25) is 0 Å². The van der Waals surface area contributed by atoms with Crippen LogP contribution in [0.15, 0.2) is 0 Å². The van der Waals surface area contributed by atoms with Crippen LogP contribution >= 0.6 is 0 Å².